The van der Waals surface area contributed by atoms with E-state index >= 15 is 0 Å². The van der Waals surface area contributed by atoms with Gasteiger partial charge in [0.15, 0.2) is 0 Å². The minimum atomic E-state index is 0.164. The van der Waals surface area contributed by atoms with Crippen molar-refractivity contribution in [2.24, 2.45) is 0 Å². The third-order valence-electron chi connectivity index (χ3n) is 3.04. The highest BCUT2D eigenvalue weighted by atomic mass is 79.9. The van der Waals surface area contributed by atoms with Crippen LogP contribution in [0.15, 0.2) is 23.1 Å². The Hall–Kier alpha value is -1.43. The molecule has 1 aliphatic carbocycles. The molecule has 1 saturated carbocycles. The minimum absolute atomic E-state index is 0.164. The van der Waals surface area contributed by atoms with Gasteiger partial charge in [-0.15, -0.1) is 0 Å². The summed E-state index contributed by atoms with van der Waals surface area (Å²) in [6.45, 7) is 2.08. The lowest BCUT2D eigenvalue weighted by Gasteiger charge is -2.13. The number of anilines is 1. The second kappa shape index (κ2) is 4.68. The van der Waals surface area contributed by atoms with Crippen molar-refractivity contribution < 1.29 is 0 Å². The lowest BCUT2D eigenvalue weighted by atomic mass is 10.2. The van der Waals surface area contributed by atoms with Gasteiger partial charge < -0.3 is 5.32 Å². The molecule has 5 nitrogen and oxygen atoms in total. The van der Waals surface area contributed by atoms with E-state index in [1.807, 2.05) is 18.5 Å². The Bertz CT molecular complexity index is 535. The second-order valence-electron chi connectivity index (χ2n) is 4.61. The number of rotatable bonds is 4. The summed E-state index contributed by atoms with van der Waals surface area (Å²) in [6, 6.07) is 2.07. The first kappa shape index (κ1) is 11.6. The van der Waals surface area contributed by atoms with Crippen LogP contribution in [0.25, 0.3) is 0 Å². The van der Waals surface area contributed by atoms with Gasteiger partial charge in [0.2, 0.25) is 0 Å². The third-order valence-corrected chi connectivity index (χ3v) is 3.44. The van der Waals surface area contributed by atoms with E-state index in [-0.39, 0.29) is 6.04 Å². The average Bonchev–Trinajstić information content (AvgIpc) is 3.03. The molecule has 0 saturated heterocycles. The monoisotopic (exact) mass is 307 g/mol. The molecule has 1 unspecified atom stereocenters. The van der Waals surface area contributed by atoms with Crippen molar-refractivity contribution in [3.63, 3.8) is 0 Å². The Morgan fingerprint density at radius 2 is 2.28 bits per heavy atom. The number of nitrogens with one attached hydrogen (secondary N) is 2. The molecule has 0 radical (unpaired) electrons. The van der Waals surface area contributed by atoms with Crippen molar-refractivity contribution >= 4 is 21.7 Å². The predicted molar refractivity (Wildman–Crippen MR) is 72.3 cm³/mol. The Morgan fingerprint density at radius 3 is 2.94 bits per heavy atom. The fraction of sp³-hybridized carbons (Fsp3) is 0.417. The Labute approximate surface area is 114 Å². The van der Waals surface area contributed by atoms with Crippen molar-refractivity contribution in [2.45, 2.75) is 31.7 Å². The highest BCUT2D eigenvalue weighted by Crippen LogP contribution is 2.39. The third kappa shape index (κ3) is 2.53. The summed E-state index contributed by atoms with van der Waals surface area (Å²) in [4.78, 5) is 8.98. The average molecular weight is 308 g/mol. The van der Waals surface area contributed by atoms with Crippen LogP contribution < -0.4 is 5.32 Å². The molecule has 1 fully saturated rings. The zero-order valence-electron chi connectivity index (χ0n) is 10.0. The summed E-state index contributed by atoms with van der Waals surface area (Å²) in [5, 5.41) is 10.1. The van der Waals surface area contributed by atoms with E-state index in [9.17, 15) is 0 Å². The molecule has 2 heterocycles. The first-order chi connectivity index (χ1) is 8.72. The molecule has 0 bridgehead atoms. The van der Waals surface area contributed by atoms with E-state index in [0.29, 0.717) is 5.92 Å². The smallest absolute Gasteiger partial charge is 0.135 e. The van der Waals surface area contributed by atoms with E-state index < -0.39 is 0 Å². The van der Waals surface area contributed by atoms with E-state index in [2.05, 4.69) is 48.3 Å². The standard InChI is InChI=1S/C12H14BrN5/c1-7(9-5-14-15-6-9)16-11-4-10(13)17-12(18-11)8-2-3-8/h4-8H,2-3H2,1H3,(H,14,15)(H,16,17,18). The van der Waals surface area contributed by atoms with Crippen LogP contribution in [0.5, 0.6) is 0 Å². The molecular weight excluding hydrogens is 294 g/mol. The van der Waals surface area contributed by atoms with Crippen molar-refractivity contribution in [1.29, 1.82) is 0 Å². The molecule has 18 heavy (non-hydrogen) atoms. The van der Waals surface area contributed by atoms with Crippen LogP contribution in [0.2, 0.25) is 0 Å². The van der Waals surface area contributed by atoms with Crippen molar-refractivity contribution in [2.75, 3.05) is 5.32 Å². The lowest BCUT2D eigenvalue weighted by molar-refractivity contribution is 0.851. The summed E-state index contributed by atoms with van der Waals surface area (Å²) >= 11 is 3.44. The van der Waals surface area contributed by atoms with Gasteiger partial charge in [0.25, 0.3) is 0 Å². The molecule has 2 aromatic rings. The van der Waals surface area contributed by atoms with Crippen LogP contribution in [0.1, 0.15) is 43.1 Å². The molecule has 2 aromatic heterocycles. The number of aromatic amines is 1. The summed E-state index contributed by atoms with van der Waals surface area (Å²) in [5.41, 5.74) is 1.11. The molecule has 0 amide bonds. The molecule has 94 valence electrons. The Balaban J connectivity index is 1.79. The fourth-order valence-electron chi connectivity index (χ4n) is 1.84. The maximum Gasteiger partial charge on any atom is 0.135 e. The largest absolute Gasteiger partial charge is 0.363 e. The van der Waals surface area contributed by atoms with Crippen molar-refractivity contribution in [3.8, 4) is 0 Å². The van der Waals surface area contributed by atoms with E-state index in [4.69, 9.17) is 0 Å². The van der Waals surface area contributed by atoms with Crippen LogP contribution in [0.3, 0.4) is 0 Å². The number of halogens is 1. The molecular formula is C12H14BrN5. The molecule has 1 atom stereocenters. The van der Waals surface area contributed by atoms with E-state index in [1.165, 1.54) is 12.8 Å². The molecule has 0 aliphatic heterocycles. The van der Waals surface area contributed by atoms with Gasteiger partial charge in [0, 0.05) is 23.7 Å². The van der Waals surface area contributed by atoms with Gasteiger partial charge in [-0.25, -0.2) is 9.97 Å². The number of aromatic nitrogens is 4. The van der Waals surface area contributed by atoms with Gasteiger partial charge in [-0.3, -0.25) is 5.10 Å². The number of H-pyrrole nitrogens is 1. The number of hydrogen-bond donors (Lipinski definition) is 2. The quantitative estimate of drug-likeness (QED) is 0.852. The predicted octanol–water partition coefficient (Wildman–Crippen LogP) is 3.01. The van der Waals surface area contributed by atoms with Crippen molar-refractivity contribution in [1.82, 2.24) is 20.2 Å². The molecule has 2 N–H and O–H groups in total. The normalized spacial score (nSPS) is 16.6. The van der Waals surface area contributed by atoms with Crippen LogP contribution in [-0.2, 0) is 0 Å². The van der Waals surface area contributed by atoms with E-state index in [0.717, 1.165) is 21.8 Å². The van der Waals surface area contributed by atoms with Gasteiger partial charge in [-0.1, -0.05) is 0 Å². The van der Waals surface area contributed by atoms with Crippen LogP contribution >= 0.6 is 15.9 Å². The highest BCUT2D eigenvalue weighted by Gasteiger charge is 2.27. The Morgan fingerprint density at radius 1 is 1.44 bits per heavy atom. The molecule has 6 heteroatoms. The first-order valence-electron chi connectivity index (χ1n) is 6.02. The molecule has 3 rings (SSSR count). The van der Waals surface area contributed by atoms with Crippen molar-refractivity contribution in [3.05, 3.63) is 34.5 Å². The van der Waals surface area contributed by atoms with Gasteiger partial charge in [0.05, 0.1) is 12.2 Å². The van der Waals surface area contributed by atoms with Gasteiger partial charge in [0.1, 0.15) is 16.2 Å². The van der Waals surface area contributed by atoms with Crippen LogP contribution in [0, 0.1) is 0 Å². The second-order valence-corrected chi connectivity index (χ2v) is 5.42. The summed E-state index contributed by atoms with van der Waals surface area (Å²) < 4.78 is 0.835. The summed E-state index contributed by atoms with van der Waals surface area (Å²) in [7, 11) is 0. The number of nitrogens with zero attached hydrogens (tertiary/aromatic N) is 3. The summed E-state index contributed by atoms with van der Waals surface area (Å²) in [6.07, 6.45) is 6.10. The maximum atomic E-state index is 4.56. The first-order valence-corrected chi connectivity index (χ1v) is 6.81. The SMILES string of the molecule is CC(Nc1cc(Br)nc(C2CC2)n1)c1cn[nH]c1. The molecule has 1 aliphatic rings. The van der Waals surface area contributed by atoms with E-state index in [1.54, 1.807) is 0 Å². The minimum Gasteiger partial charge on any atom is -0.363 e. The fourth-order valence-corrected chi connectivity index (χ4v) is 2.23. The van der Waals surface area contributed by atoms with Gasteiger partial charge in [-0.2, -0.15) is 5.10 Å². The van der Waals surface area contributed by atoms with Crippen LogP contribution in [0.4, 0.5) is 5.82 Å². The van der Waals surface area contributed by atoms with Gasteiger partial charge in [-0.05, 0) is 35.7 Å². The topological polar surface area (TPSA) is 66.5 Å². The molecule has 0 aromatic carbocycles. The highest BCUT2D eigenvalue weighted by molar-refractivity contribution is 9.10. The van der Waals surface area contributed by atoms with Crippen LogP contribution in [-0.4, -0.2) is 20.2 Å². The maximum absolute atomic E-state index is 4.56. The molecule has 0 spiro atoms. The summed E-state index contributed by atoms with van der Waals surface area (Å²) in [5.74, 6) is 2.34. The zero-order valence-corrected chi connectivity index (χ0v) is 11.6. The Kier molecular flexibility index (Phi) is 3.03. The van der Waals surface area contributed by atoms with Gasteiger partial charge >= 0.3 is 0 Å². The number of hydrogen-bond acceptors (Lipinski definition) is 4. The lowest BCUT2D eigenvalue weighted by Crippen LogP contribution is -2.08. The zero-order chi connectivity index (χ0) is 12.5.